The topological polar surface area (TPSA) is 69.0 Å². The first-order valence-corrected chi connectivity index (χ1v) is 11.7. The van der Waals surface area contributed by atoms with E-state index in [9.17, 15) is 4.79 Å². The highest BCUT2D eigenvalue weighted by atomic mass is 32.2. The molecule has 1 aromatic carbocycles. The fourth-order valence-electron chi connectivity index (χ4n) is 3.53. The number of anilines is 1. The predicted molar refractivity (Wildman–Crippen MR) is 121 cm³/mol. The van der Waals surface area contributed by atoms with E-state index in [1.807, 2.05) is 31.4 Å². The molecule has 3 aromatic rings. The van der Waals surface area contributed by atoms with Gasteiger partial charge < -0.3 is 10.1 Å². The molecule has 0 amide bonds. The highest BCUT2D eigenvalue weighted by Crippen LogP contribution is 2.38. The smallest absolute Gasteiger partial charge is 0.338 e. The van der Waals surface area contributed by atoms with Gasteiger partial charge in [0.1, 0.15) is 6.04 Å². The Morgan fingerprint density at radius 1 is 1.30 bits per heavy atom. The van der Waals surface area contributed by atoms with Crippen molar-refractivity contribution in [2.45, 2.75) is 44.6 Å². The maximum Gasteiger partial charge on any atom is 0.338 e. The summed E-state index contributed by atoms with van der Waals surface area (Å²) < 4.78 is 7.13. The van der Waals surface area contributed by atoms with Crippen molar-refractivity contribution in [3.63, 3.8) is 0 Å². The second kappa shape index (κ2) is 8.65. The van der Waals surface area contributed by atoms with Crippen LogP contribution in [0.25, 0.3) is 0 Å². The van der Waals surface area contributed by atoms with Gasteiger partial charge in [0.25, 0.3) is 0 Å². The van der Waals surface area contributed by atoms with Crippen LogP contribution < -0.4 is 5.32 Å². The highest BCUT2D eigenvalue weighted by molar-refractivity contribution is 7.98. The van der Waals surface area contributed by atoms with Gasteiger partial charge in [0.15, 0.2) is 0 Å². The fraction of sp³-hybridized carbons (Fsp3) is 0.318. The van der Waals surface area contributed by atoms with E-state index in [-0.39, 0.29) is 12.0 Å². The van der Waals surface area contributed by atoms with Crippen LogP contribution in [0.4, 0.5) is 5.95 Å². The molecule has 0 spiro atoms. The third kappa shape index (κ3) is 4.02. The molecule has 6 nitrogen and oxygen atoms in total. The Hall–Kier alpha value is -2.58. The number of carbonyl (C=O) groups is 1. The number of aromatic nitrogens is 3. The normalized spacial score (nSPS) is 15.7. The second-order valence-corrected chi connectivity index (χ2v) is 9.11. The number of carbonyl (C=O) groups excluding carboxylic acids is 1. The van der Waals surface area contributed by atoms with E-state index in [0.717, 1.165) is 16.3 Å². The number of rotatable bonds is 6. The summed E-state index contributed by atoms with van der Waals surface area (Å²) >= 11 is 3.19. The number of hydrogen-bond donors (Lipinski definition) is 1. The van der Waals surface area contributed by atoms with E-state index in [1.165, 1.54) is 16.7 Å². The quantitative estimate of drug-likeness (QED) is 0.425. The average molecular weight is 441 g/mol. The standard InChI is InChI=1S/C22H24N4O2S2/c1-5-28-20(27)18-15(4)23-21-24-22(25-26(21)19(18)17-7-6-10-29-17)30-12-16-9-8-13(2)11-14(16)3/h6-11,19H,5,12H2,1-4H3,(H,23,24,25)/t19-/m0/s1. The molecule has 4 rings (SSSR count). The first kappa shape index (κ1) is 20.7. The lowest BCUT2D eigenvalue weighted by molar-refractivity contribution is -0.139. The molecule has 1 N–H and O–H groups in total. The van der Waals surface area contributed by atoms with Gasteiger partial charge in [-0.15, -0.1) is 16.4 Å². The van der Waals surface area contributed by atoms with Crippen LogP contribution in [0.1, 0.15) is 41.5 Å². The molecule has 0 saturated heterocycles. The zero-order chi connectivity index (χ0) is 21.3. The Morgan fingerprint density at radius 2 is 2.13 bits per heavy atom. The molecule has 30 heavy (non-hydrogen) atoms. The highest BCUT2D eigenvalue weighted by Gasteiger charge is 2.35. The first-order valence-electron chi connectivity index (χ1n) is 9.81. The third-order valence-corrected chi connectivity index (χ3v) is 6.81. The fourth-order valence-corrected chi connectivity index (χ4v) is 5.25. The van der Waals surface area contributed by atoms with E-state index < -0.39 is 0 Å². The molecule has 0 aliphatic carbocycles. The van der Waals surface area contributed by atoms with Gasteiger partial charge in [-0.3, -0.25) is 0 Å². The van der Waals surface area contributed by atoms with Crippen LogP contribution in [0, 0.1) is 13.8 Å². The van der Waals surface area contributed by atoms with Crippen LogP contribution in [0.5, 0.6) is 0 Å². The largest absolute Gasteiger partial charge is 0.463 e. The summed E-state index contributed by atoms with van der Waals surface area (Å²) in [4.78, 5) is 18.4. The van der Waals surface area contributed by atoms with Gasteiger partial charge in [-0.25, -0.2) is 9.48 Å². The molecule has 1 aliphatic rings. The maximum atomic E-state index is 12.7. The molecule has 156 valence electrons. The molecule has 8 heteroatoms. The number of aryl methyl sites for hydroxylation is 2. The molecule has 0 unspecified atom stereocenters. The number of nitrogens with zero attached hydrogens (tertiary/aromatic N) is 3. The molecule has 0 radical (unpaired) electrons. The van der Waals surface area contributed by atoms with E-state index >= 15 is 0 Å². The van der Waals surface area contributed by atoms with Gasteiger partial charge in [-0.05, 0) is 50.3 Å². The van der Waals surface area contributed by atoms with Crippen molar-refractivity contribution in [2.75, 3.05) is 11.9 Å². The monoisotopic (exact) mass is 440 g/mol. The maximum absolute atomic E-state index is 12.7. The van der Waals surface area contributed by atoms with Gasteiger partial charge in [-0.2, -0.15) is 4.98 Å². The van der Waals surface area contributed by atoms with Crippen LogP contribution in [0.3, 0.4) is 0 Å². The van der Waals surface area contributed by atoms with Crippen molar-refractivity contribution in [3.8, 4) is 0 Å². The summed E-state index contributed by atoms with van der Waals surface area (Å²) in [5.74, 6) is 1.10. The Kier molecular flexibility index (Phi) is 5.97. The Labute approximate surface area is 184 Å². The number of esters is 1. The lowest BCUT2D eigenvalue weighted by Gasteiger charge is -2.26. The minimum absolute atomic E-state index is 0.327. The Bertz CT molecular complexity index is 1100. The second-order valence-electron chi connectivity index (χ2n) is 7.18. The average Bonchev–Trinajstić information content (AvgIpc) is 3.36. The molecule has 0 bridgehead atoms. The molecular formula is C22H24N4O2S2. The summed E-state index contributed by atoms with van der Waals surface area (Å²) in [6.45, 7) is 8.25. The first-order chi connectivity index (χ1) is 14.5. The van der Waals surface area contributed by atoms with Gasteiger partial charge >= 0.3 is 5.97 Å². The zero-order valence-corrected chi connectivity index (χ0v) is 19.1. The zero-order valence-electron chi connectivity index (χ0n) is 17.4. The van der Waals surface area contributed by atoms with Gasteiger partial charge in [-0.1, -0.05) is 41.6 Å². The number of thioether (sulfide) groups is 1. The van der Waals surface area contributed by atoms with Crippen LogP contribution in [0.15, 0.2) is 52.1 Å². The van der Waals surface area contributed by atoms with E-state index in [4.69, 9.17) is 9.84 Å². The molecule has 0 saturated carbocycles. The molecule has 2 aromatic heterocycles. The minimum atomic E-state index is -0.344. The molecule has 1 atom stereocenters. The van der Waals surface area contributed by atoms with Crippen molar-refractivity contribution < 1.29 is 9.53 Å². The van der Waals surface area contributed by atoms with E-state index in [0.29, 0.717) is 23.3 Å². The van der Waals surface area contributed by atoms with Crippen LogP contribution in [-0.2, 0) is 15.3 Å². The Morgan fingerprint density at radius 3 is 2.83 bits per heavy atom. The van der Waals surface area contributed by atoms with Crippen molar-refractivity contribution in [1.82, 2.24) is 14.8 Å². The van der Waals surface area contributed by atoms with Gasteiger partial charge in [0.05, 0.1) is 12.2 Å². The SMILES string of the molecule is CCOC(=O)C1=C(C)Nc2nc(SCc3ccc(C)cc3C)nn2[C@H]1c1cccs1. The predicted octanol–water partition coefficient (Wildman–Crippen LogP) is 5.10. The van der Waals surface area contributed by atoms with Crippen molar-refractivity contribution in [1.29, 1.82) is 0 Å². The summed E-state index contributed by atoms with van der Waals surface area (Å²) in [5.41, 5.74) is 5.11. The number of ether oxygens (including phenoxy) is 1. The molecular weight excluding hydrogens is 416 g/mol. The number of allylic oxidation sites excluding steroid dienone is 1. The summed E-state index contributed by atoms with van der Waals surface area (Å²) in [6.07, 6.45) is 0. The Balaban J connectivity index is 1.65. The number of fused-ring (bicyclic) bond motifs is 1. The van der Waals surface area contributed by atoms with Crippen molar-refractivity contribution in [3.05, 3.63) is 68.5 Å². The van der Waals surface area contributed by atoms with Crippen LogP contribution in [0.2, 0.25) is 0 Å². The number of nitrogens with one attached hydrogen (secondary N) is 1. The molecule has 0 fully saturated rings. The van der Waals surface area contributed by atoms with Crippen molar-refractivity contribution in [2.24, 2.45) is 0 Å². The number of thiophene rings is 1. The third-order valence-electron chi connectivity index (χ3n) is 5.00. The lowest BCUT2D eigenvalue weighted by atomic mass is 10.0. The minimum Gasteiger partial charge on any atom is -0.463 e. The van der Waals surface area contributed by atoms with E-state index in [2.05, 4.69) is 42.3 Å². The molecule has 3 heterocycles. The van der Waals surface area contributed by atoms with E-state index in [1.54, 1.807) is 27.8 Å². The summed E-state index contributed by atoms with van der Waals surface area (Å²) in [6, 6.07) is 10.1. The summed E-state index contributed by atoms with van der Waals surface area (Å²) in [7, 11) is 0. The van der Waals surface area contributed by atoms with Crippen molar-refractivity contribution >= 4 is 35.0 Å². The lowest BCUT2D eigenvalue weighted by Crippen LogP contribution is -2.29. The summed E-state index contributed by atoms with van der Waals surface area (Å²) in [5, 5.41) is 10.7. The van der Waals surface area contributed by atoms with Gasteiger partial charge in [0.2, 0.25) is 11.1 Å². The number of benzene rings is 1. The van der Waals surface area contributed by atoms with Crippen LogP contribution >= 0.6 is 23.1 Å². The number of hydrogen-bond acceptors (Lipinski definition) is 7. The van der Waals surface area contributed by atoms with Crippen LogP contribution in [-0.4, -0.2) is 27.3 Å². The van der Waals surface area contributed by atoms with Gasteiger partial charge in [0, 0.05) is 16.3 Å². The molecule has 1 aliphatic heterocycles.